The third kappa shape index (κ3) is 5.76. The van der Waals surface area contributed by atoms with Crippen LogP contribution >= 0.6 is 11.6 Å². The minimum Gasteiger partial charge on any atom is -0.343 e. The largest absolute Gasteiger partial charge is 0.343 e. The molecule has 1 amide bonds. The van der Waals surface area contributed by atoms with Gasteiger partial charge in [0.2, 0.25) is 5.91 Å². The standard InChI is InChI=1S/C25H30ClN3O3S/c1-2-24-27-11-15-28(24)12-7-19-8-13-29(14-9-19)25(30)10-16-33(31,32)23-6-4-20-17-22(26)5-3-21(20)18-23/h3-6,11,15,17-19H,2,7-10,12-14,16H2,1H3. The van der Waals surface area contributed by atoms with E-state index < -0.39 is 9.84 Å². The Morgan fingerprint density at radius 1 is 1.12 bits per heavy atom. The number of halogens is 1. The average molecular weight is 488 g/mol. The molecule has 1 aliphatic rings. The SMILES string of the molecule is CCc1nccn1CCC1CCN(C(=O)CCS(=O)(=O)c2ccc3cc(Cl)ccc3c2)CC1. The van der Waals surface area contributed by atoms with Crippen LogP contribution in [0.3, 0.4) is 0 Å². The Morgan fingerprint density at radius 2 is 1.85 bits per heavy atom. The summed E-state index contributed by atoms with van der Waals surface area (Å²) >= 11 is 6.00. The van der Waals surface area contributed by atoms with Gasteiger partial charge in [0, 0.05) is 49.9 Å². The molecule has 1 aliphatic heterocycles. The van der Waals surface area contributed by atoms with E-state index in [9.17, 15) is 13.2 Å². The predicted molar refractivity (Wildman–Crippen MR) is 131 cm³/mol. The predicted octanol–water partition coefficient (Wildman–Crippen LogP) is 4.74. The fourth-order valence-corrected chi connectivity index (χ4v) is 5.98. The van der Waals surface area contributed by atoms with Gasteiger partial charge in [0.05, 0.1) is 10.6 Å². The Bertz CT molecular complexity index is 1230. The number of aromatic nitrogens is 2. The Kier molecular flexibility index (Phi) is 7.39. The zero-order valence-corrected chi connectivity index (χ0v) is 20.5. The van der Waals surface area contributed by atoms with Crippen molar-refractivity contribution in [1.82, 2.24) is 14.5 Å². The highest BCUT2D eigenvalue weighted by atomic mass is 35.5. The van der Waals surface area contributed by atoms with E-state index in [0.29, 0.717) is 24.0 Å². The normalized spacial score (nSPS) is 15.3. The molecule has 2 heterocycles. The Hall–Kier alpha value is -2.38. The zero-order valence-electron chi connectivity index (χ0n) is 18.9. The molecular weight excluding hydrogens is 458 g/mol. The maximum Gasteiger partial charge on any atom is 0.223 e. The maximum atomic E-state index is 12.8. The summed E-state index contributed by atoms with van der Waals surface area (Å²) in [5, 5.41) is 2.31. The molecule has 0 N–H and O–H groups in total. The summed E-state index contributed by atoms with van der Waals surface area (Å²) in [5.74, 6) is 1.44. The van der Waals surface area contributed by atoms with Gasteiger partial charge in [0.15, 0.2) is 9.84 Å². The lowest BCUT2D eigenvalue weighted by molar-refractivity contribution is -0.132. The highest BCUT2D eigenvalue weighted by molar-refractivity contribution is 7.91. The van der Waals surface area contributed by atoms with Crippen molar-refractivity contribution in [3.05, 3.63) is 59.6 Å². The fourth-order valence-electron chi connectivity index (χ4n) is 4.54. The Morgan fingerprint density at radius 3 is 2.61 bits per heavy atom. The van der Waals surface area contributed by atoms with E-state index in [2.05, 4.69) is 16.5 Å². The van der Waals surface area contributed by atoms with Gasteiger partial charge in [-0.2, -0.15) is 0 Å². The van der Waals surface area contributed by atoms with Crippen LogP contribution in [0.15, 0.2) is 53.7 Å². The van der Waals surface area contributed by atoms with Crippen molar-refractivity contribution >= 4 is 38.1 Å². The molecule has 1 aromatic heterocycles. The van der Waals surface area contributed by atoms with Crippen LogP contribution in [0.25, 0.3) is 10.8 Å². The van der Waals surface area contributed by atoms with Gasteiger partial charge in [0.1, 0.15) is 5.82 Å². The van der Waals surface area contributed by atoms with Gasteiger partial charge >= 0.3 is 0 Å². The van der Waals surface area contributed by atoms with Crippen LogP contribution in [0.4, 0.5) is 0 Å². The number of amides is 1. The minimum atomic E-state index is -3.54. The first-order chi connectivity index (χ1) is 15.9. The van der Waals surface area contributed by atoms with Crippen LogP contribution in [0.1, 0.15) is 38.4 Å². The lowest BCUT2D eigenvalue weighted by atomic mass is 9.93. The smallest absolute Gasteiger partial charge is 0.223 e. The first-order valence-electron chi connectivity index (χ1n) is 11.6. The number of piperidine rings is 1. The van der Waals surface area contributed by atoms with Crippen LogP contribution < -0.4 is 0 Å². The van der Waals surface area contributed by atoms with Crippen molar-refractivity contribution in [3.63, 3.8) is 0 Å². The average Bonchev–Trinajstić information content (AvgIpc) is 3.29. The van der Waals surface area contributed by atoms with Gasteiger partial charge in [-0.15, -0.1) is 0 Å². The molecule has 6 nitrogen and oxygen atoms in total. The van der Waals surface area contributed by atoms with Crippen LogP contribution in [-0.2, 0) is 27.6 Å². The van der Waals surface area contributed by atoms with Gasteiger partial charge in [-0.25, -0.2) is 13.4 Å². The lowest BCUT2D eigenvalue weighted by Crippen LogP contribution is -2.39. The van der Waals surface area contributed by atoms with Crippen LogP contribution in [-0.4, -0.2) is 47.6 Å². The van der Waals surface area contributed by atoms with Crippen molar-refractivity contribution in [2.75, 3.05) is 18.8 Å². The number of hydrogen-bond acceptors (Lipinski definition) is 4. The van der Waals surface area contributed by atoms with Gasteiger partial charge in [-0.3, -0.25) is 4.79 Å². The number of imidazole rings is 1. The van der Waals surface area contributed by atoms with Crippen LogP contribution in [0, 0.1) is 5.92 Å². The van der Waals surface area contributed by atoms with Crippen LogP contribution in [0.2, 0.25) is 5.02 Å². The van der Waals surface area contributed by atoms with Crippen molar-refractivity contribution < 1.29 is 13.2 Å². The van der Waals surface area contributed by atoms with Crippen molar-refractivity contribution in [1.29, 1.82) is 0 Å². The summed E-state index contributed by atoms with van der Waals surface area (Å²) < 4.78 is 27.9. The van der Waals surface area contributed by atoms with Crippen molar-refractivity contribution in [2.45, 2.75) is 50.5 Å². The molecule has 33 heavy (non-hydrogen) atoms. The van der Waals surface area contributed by atoms with E-state index in [1.807, 2.05) is 23.4 Å². The molecule has 3 aromatic rings. The minimum absolute atomic E-state index is 0.0144. The fraction of sp³-hybridized carbons (Fsp3) is 0.440. The summed E-state index contributed by atoms with van der Waals surface area (Å²) in [6, 6.07) is 10.4. The zero-order chi connectivity index (χ0) is 23.4. The molecule has 4 rings (SSSR count). The van der Waals surface area contributed by atoms with Gasteiger partial charge in [-0.1, -0.05) is 30.7 Å². The van der Waals surface area contributed by atoms with Crippen LogP contribution in [0.5, 0.6) is 0 Å². The van der Waals surface area contributed by atoms with E-state index >= 15 is 0 Å². The molecule has 0 bridgehead atoms. The first kappa shape index (κ1) is 23.8. The summed E-state index contributed by atoms with van der Waals surface area (Å²) in [5.41, 5.74) is 0. The third-order valence-corrected chi connectivity index (χ3v) is 8.53. The topological polar surface area (TPSA) is 72.3 Å². The van der Waals surface area contributed by atoms with E-state index in [4.69, 9.17) is 11.6 Å². The van der Waals surface area contributed by atoms with Gasteiger partial charge in [0.25, 0.3) is 0 Å². The maximum absolute atomic E-state index is 12.8. The summed E-state index contributed by atoms with van der Waals surface area (Å²) in [4.78, 5) is 19.1. The van der Waals surface area contributed by atoms with E-state index in [-0.39, 0.29) is 23.0 Å². The highest BCUT2D eigenvalue weighted by Gasteiger charge is 2.25. The number of fused-ring (bicyclic) bond motifs is 1. The first-order valence-corrected chi connectivity index (χ1v) is 13.6. The second kappa shape index (κ2) is 10.3. The number of hydrogen-bond donors (Lipinski definition) is 0. The van der Waals surface area contributed by atoms with E-state index in [0.717, 1.165) is 48.8 Å². The second-order valence-electron chi connectivity index (χ2n) is 8.73. The number of nitrogens with zero attached hydrogens (tertiary/aromatic N) is 3. The Balaban J connectivity index is 1.27. The number of likely N-dealkylation sites (tertiary alicyclic amines) is 1. The van der Waals surface area contributed by atoms with Gasteiger partial charge in [-0.05, 0) is 60.2 Å². The molecule has 8 heteroatoms. The summed E-state index contributed by atoms with van der Waals surface area (Å²) in [6.07, 6.45) is 7.82. The monoisotopic (exact) mass is 487 g/mol. The summed E-state index contributed by atoms with van der Waals surface area (Å²) in [7, 11) is -3.54. The Labute approximate surface area is 200 Å². The van der Waals surface area contributed by atoms with Crippen molar-refractivity contribution in [2.24, 2.45) is 5.92 Å². The molecular formula is C25H30ClN3O3S. The number of carbonyl (C=O) groups excluding carboxylic acids is 1. The highest BCUT2D eigenvalue weighted by Crippen LogP contribution is 2.25. The lowest BCUT2D eigenvalue weighted by Gasteiger charge is -2.32. The molecule has 0 unspecified atom stereocenters. The molecule has 176 valence electrons. The molecule has 0 saturated carbocycles. The molecule has 0 radical (unpaired) electrons. The number of rotatable bonds is 8. The molecule has 0 atom stereocenters. The molecule has 1 fully saturated rings. The molecule has 0 spiro atoms. The number of benzene rings is 2. The molecule has 0 aliphatic carbocycles. The van der Waals surface area contributed by atoms with Crippen molar-refractivity contribution in [3.8, 4) is 0 Å². The van der Waals surface area contributed by atoms with E-state index in [1.165, 1.54) is 0 Å². The second-order valence-corrected chi connectivity index (χ2v) is 11.3. The molecule has 1 saturated heterocycles. The number of aryl methyl sites for hydroxylation is 2. The van der Waals surface area contributed by atoms with Gasteiger partial charge < -0.3 is 9.47 Å². The molecule has 2 aromatic carbocycles. The quantitative estimate of drug-likeness (QED) is 0.460. The van der Waals surface area contributed by atoms with E-state index in [1.54, 1.807) is 30.3 Å². The number of sulfone groups is 1. The number of carbonyl (C=O) groups is 1. The summed E-state index contributed by atoms with van der Waals surface area (Å²) in [6.45, 7) is 4.47. The third-order valence-electron chi connectivity index (χ3n) is 6.58.